The van der Waals surface area contributed by atoms with Gasteiger partial charge in [-0.15, -0.1) is 0 Å². The summed E-state index contributed by atoms with van der Waals surface area (Å²) >= 11 is 0. The van der Waals surface area contributed by atoms with E-state index in [-0.39, 0.29) is 11.3 Å². The second kappa shape index (κ2) is 10.5. The lowest BCUT2D eigenvalue weighted by Gasteiger charge is -2.10. The van der Waals surface area contributed by atoms with E-state index in [2.05, 4.69) is 22.5 Å². The van der Waals surface area contributed by atoms with Crippen molar-refractivity contribution in [2.45, 2.75) is 46.6 Å². The lowest BCUT2D eigenvalue weighted by molar-refractivity contribution is 0.0949. The highest BCUT2D eigenvalue weighted by molar-refractivity contribution is 6.06. The van der Waals surface area contributed by atoms with Gasteiger partial charge in [-0.2, -0.15) is 10.2 Å². The molecular formula is C24H28N4O3. The number of hydrogen-bond acceptors (Lipinski definition) is 5. The number of carbonyl (C=O) groups excluding carboxylic acids is 1. The van der Waals surface area contributed by atoms with Crippen LogP contribution >= 0.6 is 0 Å². The summed E-state index contributed by atoms with van der Waals surface area (Å²) in [7, 11) is 0. The Bertz CT molecular complexity index is 1130. The zero-order valence-electron chi connectivity index (χ0n) is 18.2. The number of ether oxygens (including phenoxy) is 1. The highest BCUT2D eigenvalue weighted by atomic mass is 16.5. The Morgan fingerprint density at radius 2 is 1.77 bits per heavy atom. The van der Waals surface area contributed by atoms with Gasteiger partial charge in [-0.25, -0.2) is 10.1 Å². The number of nitrogens with zero attached hydrogens (tertiary/aromatic N) is 3. The highest BCUT2D eigenvalue weighted by Gasteiger charge is 2.16. The molecule has 0 fully saturated rings. The molecular weight excluding hydrogens is 392 g/mol. The number of benzene rings is 2. The van der Waals surface area contributed by atoms with Gasteiger partial charge in [-0.05, 0) is 55.7 Å². The van der Waals surface area contributed by atoms with Crippen molar-refractivity contribution >= 4 is 22.4 Å². The summed E-state index contributed by atoms with van der Waals surface area (Å²) < 4.78 is 6.96. The van der Waals surface area contributed by atoms with E-state index >= 15 is 0 Å². The summed E-state index contributed by atoms with van der Waals surface area (Å²) in [5.41, 5.74) is 4.10. The Labute approximate surface area is 181 Å². The first-order valence-corrected chi connectivity index (χ1v) is 10.6. The van der Waals surface area contributed by atoms with E-state index in [1.807, 2.05) is 38.1 Å². The molecule has 7 heteroatoms. The van der Waals surface area contributed by atoms with Crippen molar-refractivity contribution in [1.29, 1.82) is 0 Å². The fourth-order valence-electron chi connectivity index (χ4n) is 3.13. The van der Waals surface area contributed by atoms with Gasteiger partial charge in [-0.1, -0.05) is 38.5 Å². The van der Waals surface area contributed by atoms with Crippen LogP contribution in [0.1, 0.15) is 56.1 Å². The van der Waals surface area contributed by atoms with E-state index in [1.54, 1.807) is 24.3 Å². The second-order valence-electron chi connectivity index (χ2n) is 7.29. The number of rotatable bonds is 9. The molecule has 0 aliphatic heterocycles. The molecule has 0 radical (unpaired) electrons. The first kappa shape index (κ1) is 22.2. The molecule has 3 rings (SSSR count). The van der Waals surface area contributed by atoms with Crippen LogP contribution in [0, 0.1) is 0 Å². The molecule has 1 heterocycles. The maximum Gasteiger partial charge on any atom is 0.292 e. The predicted molar refractivity (Wildman–Crippen MR) is 123 cm³/mol. The third kappa shape index (κ3) is 5.36. The summed E-state index contributed by atoms with van der Waals surface area (Å²) in [6.07, 6.45) is 2.68. The topological polar surface area (TPSA) is 85.6 Å². The maximum absolute atomic E-state index is 12.9. The Balaban J connectivity index is 1.84. The molecule has 7 nitrogen and oxygen atoms in total. The van der Waals surface area contributed by atoms with Gasteiger partial charge >= 0.3 is 0 Å². The monoisotopic (exact) mass is 420 g/mol. The summed E-state index contributed by atoms with van der Waals surface area (Å²) in [5.74, 6) is 0.344. The van der Waals surface area contributed by atoms with Crippen molar-refractivity contribution < 1.29 is 9.53 Å². The average Bonchev–Trinajstić information content (AvgIpc) is 2.81. The van der Waals surface area contributed by atoms with E-state index in [9.17, 15) is 9.59 Å². The van der Waals surface area contributed by atoms with Crippen molar-refractivity contribution in [1.82, 2.24) is 15.2 Å². The quantitative estimate of drug-likeness (QED) is 0.416. The number of hydrazone groups is 1. The molecule has 0 saturated carbocycles. The Kier molecular flexibility index (Phi) is 7.54. The van der Waals surface area contributed by atoms with Crippen LogP contribution in [0.2, 0.25) is 0 Å². The summed E-state index contributed by atoms with van der Waals surface area (Å²) in [4.78, 5) is 25.6. The molecule has 162 valence electrons. The molecule has 0 bridgehead atoms. The van der Waals surface area contributed by atoms with E-state index in [1.165, 1.54) is 4.68 Å². The van der Waals surface area contributed by atoms with Crippen LogP contribution in [-0.4, -0.2) is 28.0 Å². The fraction of sp³-hybridized carbons (Fsp3) is 0.333. The zero-order chi connectivity index (χ0) is 22.2. The van der Waals surface area contributed by atoms with E-state index in [0.717, 1.165) is 30.6 Å². The van der Waals surface area contributed by atoms with E-state index in [4.69, 9.17) is 4.74 Å². The maximum atomic E-state index is 12.9. The average molecular weight is 421 g/mol. The molecule has 2 aromatic carbocycles. The first-order valence-electron chi connectivity index (χ1n) is 10.6. The summed E-state index contributed by atoms with van der Waals surface area (Å²) in [5, 5.41) is 9.56. The van der Waals surface area contributed by atoms with Crippen molar-refractivity contribution in [3.63, 3.8) is 0 Å². The fourth-order valence-corrected chi connectivity index (χ4v) is 3.13. The van der Waals surface area contributed by atoms with Crippen molar-refractivity contribution in [2.24, 2.45) is 5.10 Å². The number of amides is 1. The van der Waals surface area contributed by atoms with Crippen LogP contribution in [-0.2, 0) is 6.54 Å². The third-order valence-electron chi connectivity index (χ3n) is 4.88. The van der Waals surface area contributed by atoms with Gasteiger partial charge in [0.25, 0.3) is 11.5 Å². The molecule has 1 aromatic heterocycles. The molecule has 1 N–H and O–H groups in total. The highest BCUT2D eigenvalue weighted by Crippen LogP contribution is 2.15. The number of nitrogens with one attached hydrogen (secondary N) is 1. The molecule has 0 saturated heterocycles. The van der Waals surface area contributed by atoms with Gasteiger partial charge in [0.15, 0.2) is 5.69 Å². The van der Waals surface area contributed by atoms with E-state index < -0.39 is 5.91 Å². The molecule has 0 spiro atoms. The van der Waals surface area contributed by atoms with E-state index in [0.29, 0.717) is 29.6 Å². The van der Waals surface area contributed by atoms with Gasteiger partial charge in [0.2, 0.25) is 0 Å². The molecule has 0 unspecified atom stereocenters. The third-order valence-corrected chi connectivity index (χ3v) is 4.88. The van der Waals surface area contributed by atoms with Crippen molar-refractivity contribution in [2.75, 3.05) is 6.61 Å². The number of unbranched alkanes of at least 4 members (excludes halogenated alkanes) is 1. The molecule has 3 aromatic rings. The number of fused-ring (bicyclic) bond motifs is 1. The van der Waals surface area contributed by atoms with Crippen LogP contribution in [0.15, 0.2) is 58.4 Å². The molecule has 31 heavy (non-hydrogen) atoms. The van der Waals surface area contributed by atoms with Crippen LogP contribution in [0.25, 0.3) is 10.8 Å². The Hall–Kier alpha value is -3.48. The van der Waals surface area contributed by atoms with Crippen LogP contribution < -0.4 is 15.7 Å². The minimum atomic E-state index is -0.455. The lowest BCUT2D eigenvalue weighted by Crippen LogP contribution is -2.29. The number of aryl methyl sites for hydroxylation is 1. The van der Waals surface area contributed by atoms with Crippen molar-refractivity contribution in [3.8, 4) is 5.75 Å². The van der Waals surface area contributed by atoms with Gasteiger partial charge < -0.3 is 4.74 Å². The lowest BCUT2D eigenvalue weighted by atomic mass is 10.1. The van der Waals surface area contributed by atoms with Crippen LogP contribution in [0.5, 0.6) is 5.75 Å². The number of hydrogen-bond donors (Lipinski definition) is 1. The largest absolute Gasteiger partial charge is 0.494 e. The minimum Gasteiger partial charge on any atom is -0.494 e. The molecule has 0 atom stereocenters. The number of carbonyl (C=O) groups is 1. The summed E-state index contributed by atoms with van der Waals surface area (Å²) in [6.45, 7) is 7.05. The summed E-state index contributed by atoms with van der Waals surface area (Å²) in [6, 6.07) is 14.6. The smallest absolute Gasteiger partial charge is 0.292 e. The first-order chi connectivity index (χ1) is 15.0. The second-order valence-corrected chi connectivity index (χ2v) is 7.29. The Morgan fingerprint density at radius 3 is 2.45 bits per heavy atom. The molecule has 0 aliphatic carbocycles. The Morgan fingerprint density at radius 1 is 1.06 bits per heavy atom. The minimum absolute atomic E-state index is 0.186. The van der Waals surface area contributed by atoms with Gasteiger partial charge in [0, 0.05) is 11.9 Å². The SMILES string of the molecule is CCCCn1nc(C(=O)N/N=C(/C)c2ccc(OCCC)cc2)c2ccccc2c1=O. The van der Waals surface area contributed by atoms with Gasteiger partial charge in [-0.3, -0.25) is 9.59 Å². The normalized spacial score (nSPS) is 11.5. The molecule has 0 aliphatic rings. The molecule has 1 amide bonds. The zero-order valence-corrected chi connectivity index (χ0v) is 18.2. The van der Waals surface area contributed by atoms with Crippen molar-refractivity contribution in [3.05, 3.63) is 70.1 Å². The van der Waals surface area contributed by atoms with Crippen LogP contribution in [0.3, 0.4) is 0 Å². The van der Waals surface area contributed by atoms with Gasteiger partial charge in [0.1, 0.15) is 5.75 Å². The van der Waals surface area contributed by atoms with Gasteiger partial charge in [0.05, 0.1) is 17.7 Å². The number of aromatic nitrogens is 2. The predicted octanol–water partition coefficient (Wildman–Crippen LogP) is 4.14. The van der Waals surface area contributed by atoms with Crippen LogP contribution in [0.4, 0.5) is 0 Å². The standard InChI is InChI=1S/C24H28N4O3/c1-4-6-15-28-24(30)21-10-8-7-9-20(21)22(27-28)23(29)26-25-17(3)18-11-13-19(14-12-18)31-16-5-2/h7-14H,4-6,15-16H2,1-3H3,(H,26,29)/b25-17-.